The van der Waals surface area contributed by atoms with Gasteiger partial charge in [-0.1, -0.05) is 115 Å². The van der Waals surface area contributed by atoms with Gasteiger partial charge in [-0.05, 0) is 85.3 Å². The number of unbranched alkanes of at least 4 members (excludes halogenated alkanes) is 1. The van der Waals surface area contributed by atoms with Gasteiger partial charge in [0.05, 0.1) is 0 Å². The Bertz CT molecular complexity index is 1150. The fourth-order valence-electron chi connectivity index (χ4n) is 5.27. The second kappa shape index (κ2) is 13.1. The van der Waals surface area contributed by atoms with Gasteiger partial charge < -0.3 is 0 Å². The summed E-state index contributed by atoms with van der Waals surface area (Å²) >= 11 is 0. The zero-order chi connectivity index (χ0) is 25.2. The Morgan fingerprint density at radius 3 is 1.97 bits per heavy atom. The molecule has 0 aliphatic heterocycles. The molecular weight excluding hydrogens is 432 g/mol. The van der Waals surface area contributed by atoms with Crippen molar-refractivity contribution >= 4 is 0 Å². The molecule has 0 bridgehead atoms. The highest BCUT2D eigenvalue weighted by Crippen LogP contribution is 2.37. The highest BCUT2D eigenvalue weighted by molar-refractivity contribution is 5.49. The Balaban J connectivity index is 1.41. The lowest BCUT2D eigenvalue weighted by Gasteiger charge is -2.26. The van der Waals surface area contributed by atoms with Crippen LogP contribution in [0.4, 0.5) is 0 Å². The zero-order valence-electron chi connectivity index (χ0n) is 21.8. The fourth-order valence-corrected chi connectivity index (χ4v) is 5.27. The first kappa shape index (κ1) is 25.7. The molecule has 0 spiro atoms. The van der Waals surface area contributed by atoms with Gasteiger partial charge in [-0.2, -0.15) is 0 Å². The normalized spacial score (nSPS) is 15.2. The van der Waals surface area contributed by atoms with Crippen molar-refractivity contribution in [2.24, 2.45) is 5.92 Å². The van der Waals surface area contributed by atoms with Gasteiger partial charge in [0.1, 0.15) is 0 Å². The molecule has 0 nitrogen and oxygen atoms in total. The van der Waals surface area contributed by atoms with Crippen LogP contribution in [0, 0.1) is 5.92 Å². The monoisotopic (exact) mass is 472 g/mol. The van der Waals surface area contributed by atoms with Crippen molar-refractivity contribution in [1.82, 2.24) is 0 Å². The summed E-state index contributed by atoms with van der Waals surface area (Å²) in [5.41, 5.74) is 9.50. The number of hydrogen-bond donors (Lipinski definition) is 0. The standard InChI is InChI=1S/C36H40/c1-28(2)14-10-11-15-30-16-12-17-31(26-30)18-13-23-34-27-35(25-24-29(34)3)36(32-19-6-4-7-20-32)33-21-8-5-9-22-33/h4-9,12,16-17,19-22,24-27,34,36H,1,3,10-11,13-15,18,23H2,2H3. The van der Waals surface area contributed by atoms with Crippen molar-refractivity contribution in [2.45, 2.75) is 57.8 Å². The van der Waals surface area contributed by atoms with Gasteiger partial charge >= 0.3 is 0 Å². The van der Waals surface area contributed by atoms with E-state index in [-0.39, 0.29) is 5.92 Å². The smallest absolute Gasteiger partial charge is 0.0337 e. The van der Waals surface area contributed by atoms with Crippen LogP contribution in [0.3, 0.4) is 0 Å². The van der Waals surface area contributed by atoms with Gasteiger partial charge in [0, 0.05) is 11.8 Å². The quantitative estimate of drug-likeness (QED) is 0.182. The number of benzene rings is 3. The lowest BCUT2D eigenvalue weighted by molar-refractivity contribution is 0.628. The molecule has 0 radical (unpaired) electrons. The van der Waals surface area contributed by atoms with Crippen LogP contribution in [-0.2, 0) is 12.8 Å². The predicted octanol–water partition coefficient (Wildman–Crippen LogP) is 9.80. The fraction of sp³-hybridized carbons (Fsp3) is 0.278. The first-order valence-corrected chi connectivity index (χ1v) is 13.5. The number of rotatable bonds is 12. The van der Waals surface area contributed by atoms with Crippen LogP contribution in [0.2, 0.25) is 0 Å². The highest BCUT2D eigenvalue weighted by atomic mass is 14.3. The number of hydrogen-bond acceptors (Lipinski definition) is 0. The van der Waals surface area contributed by atoms with E-state index in [9.17, 15) is 0 Å². The van der Waals surface area contributed by atoms with Gasteiger partial charge in [-0.15, -0.1) is 6.58 Å². The minimum absolute atomic E-state index is 0.251. The van der Waals surface area contributed by atoms with Crippen molar-refractivity contribution in [2.75, 3.05) is 0 Å². The Morgan fingerprint density at radius 1 is 0.750 bits per heavy atom. The van der Waals surface area contributed by atoms with Crippen LogP contribution < -0.4 is 0 Å². The third kappa shape index (κ3) is 7.31. The summed E-state index contributed by atoms with van der Waals surface area (Å²) in [6.07, 6.45) is 15.2. The van der Waals surface area contributed by atoms with E-state index in [0.717, 1.165) is 25.7 Å². The van der Waals surface area contributed by atoms with E-state index in [1.165, 1.54) is 58.2 Å². The average Bonchev–Trinajstić information content (AvgIpc) is 2.90. The molecule has 0 saturated heterocycles. The largest absolute Gasteiger partial charge is 0.100 e. The van der Waals surface area contributed by atoms with Crippen LogP contribution in [0.15, 0.2) is 133 Å². The minimum Gasteiger partial charge on any atom is -0.100 e. The Labute approximate surface area is 218 Å². The van der Waals surface area contributed by atoms with Crippen LogP contribution >= 0.6 is 0 Å². The minimum atomic E-state index is 0.251. The van der Waals surface area contributed by atoms with Crippen LogP contribution in [-0.4, -0.2) is 0 Å². The van der Waals surface area contributed by atoms with Crippen molar-refractivity contribution in [3.63, 3.8) is 0 Å². The maximum absolute atomic E-state index is 4.39. The third-order valence-corrected chi connectivity index (χ3v) is 7.25. The molecule has 4 rings (SSSR count). The van der Waals surface area contributed by atoms with Gasteiger partial charge in [-0.3, -0.25) is 0 Å². The first-order chi connectivity index (χ1) is 17.6. The summed E-state index contributed by atoms with van der Waals surface area (Å²) in [6.45, 7) is 10.5. The highest BCUT2D eigenvalue weighted by Gasteiger charge is 2.22. The topological polar surface area (TPSA) is 0 Å². The van der Waals surface area contributed by atoms with E-state index in [1.807, 2.05) is 0 Å². The van der Waals surface area contributed by atoms with Crippen LogP contribution in [0.1, 0.15) is 67.2 Å². The molecule has 3 aromatic carbocycles. The molecule has 36 heavy (non-hydrogen) atoms. The molecular formula is C36H40. The molecule has 1 aliphatic rings. The van der Waals surface area contributed by atoms with Gasteiger partial charge in [-0.25, -0.2) is 0 Å². The Hall–Kier alpha value is -3.38. The molecule has 1 atom stereocenters. The first-order valence-electron chi connectivity index (χ1n) is 13.5. The SMILES string of the molecule is C=C(C)CCCCc1cccc(CCCC2C=C(C(c3ccccc3)c3ccccc3)C=CC2=C)c1. The number of allylic oxidation sites excluding steroid dienone is 6. The molecule has 0 aromatic heterocycles. The average molecular weight is 473 g/mol. The maximum Gasteiger partial charge on any atom is 0.0337 e. The van der Waals surface area contributed by atoms with Gasteiger partial charge in [0.25, 0.3) is 0 Å². The summed E-state index contributed by atoms with van der Waals surface area (Å²) in [5.74, 6) is 0.644. The molecule has 184 valence electrons. The summed E-state index contributed by atoms with van der Waals surface area (Å²) in [4.78, 5) is 0. The van der Waals surface area contributed by atoms with Crippen LogP contribution in [0.5, 0.6) is 0 Å². The Kier molecular flexibility index (Phi) is 9.33. The van der Waals surface area contributed by atoms with Crippen molar-refractivity contribution in [3.05, 3.63) is 155 Å². The molecule has 0 heterocycles. The van der Waals surface area contributed by atoms with Gasteiger partial charge in [0.15, 0.2) is 0 Å². The molecule has 0 saturated carbocycles. The van der Waals surface area contributed by atoms with Crippen molar-refractivity contribution < 1.29 is 0 Å². The molecule has 3 aromatic rings. The van der Waals surface area contributed by atoms with E-state index in [0.29, 0.717) is 5.92 Å². The van der Waals surface area contributed by atoms with E-state index < -0.39 is 0 Å². The Morgan fingerprint density at radius 2 is 1.36 bits per heavy atom. The van der Waals surface area contributed by atoms with Crippen molar-refractivity contribution in [3.8, 4) is 0 Å². The van der Waals surface area contributed by atoms with E-state index in [1.54, 1.807) is 0 Å². The van der Waals surface area contributed by atoms with Crippen LogP contribution in [0.25, 0.3) is 0 Å². The lowest BCUT2D eigenvalue weighted by Crippen LogP contribution is -2.10. The van der Waals surface area contributed by atoms with E-state index >= 15 is 0 Å². The molecule has 0 N–H and O–H groups in total. The lowest BCUT2D eigenvalue weighted by atomic mass is 9.78. The predicted molar refractivity (Wildman–Crippen MR) is 156 cm³/mol. The summed E-state index contributed by atoms with van der Waals surface area (Å²) < 4.78 is 0. The molecule has 0 amide bonds. The van der Waals surface area contributed by atoms with E-state index in [4.69, 9.17) is 0 Å². The van der Waals surface area contributed by atoms with Crippen molar-refractivity contribution in [1.29, 1.82) is 0 Å². The molecule has 0 heteroatoms. The molecule has 1 unspecified atom stereocenters. The zero-order valence-corrected chi connectivity index (χ0v) is 21.8. The van der Waals surface area contributed by atoms with Gasteiger partial charge in [0.2, 0.25) is 0 Å². The summed E-state index contributed by atoms with van der Waals surface area (Å²) in [7, 11) is 0. The second-order valence-corrected chi connectivity index (χ2v) is 10.3. The summed E-state index contributed by atoms with van der Waals surface area (Å²) in [5, 5.41) is 0. The number of aryl methyl sites for hydroxylation is 2. The third-order valence-electron chi connectivity index (χ3n) is 7.25. The maximum atomic E-state index is 4.39. The molecule has 0 fully saturated rings. The molecule has 1 aliphatic carbocycles. The second-order valence-electron chi connectivity index (χ2n) is 10.3. The van der Waals surface area contributed by atoms with E-state index in [2.05, 4.69) is 123 Å². The summed E-state index contributed by atoms with van der Waals surface area (Å²) in [6, 6.07) is 31.0.